The number of carbonyl (C=O) groups is 1. The second kappa shape index (κ2) is 6.57. The van der Waals surface area contributed by atoms with E-state index in [1.165, 1.54) is 0 Å². The van der Waals surface area contributed by atoms with E-state index >= 15 is 0 Å². The van der Waals surface area contributed by atoms with Gasteiger partial charge in [-0.15, -0.1) is 0 Å². The second-order valence-electron chi connectivity index (χ2n) is 5.00. The second-order valence-corrected chi connectivity index (χ2v) is 5.00. The van der Waals surface area contributed by atoms with Gasteiger partial charge in [-0.3, -0.25) is 4.79 Å². The molecule has 1 aromatic rings. The summed E-state index contributed by atoms with van der Waals surface area (Å²) < 4.78 is 5.42. The molecule has 1 aliphatic heterocycles. The van der Waals surface area contributed by atoms with E-state index in [0.717, 1.165) is 38.1 Å². The Morgan fingerprint density at radius 2 is 2.16 bits per heavy atom. The van der Waals surface area contributed by atoms with Crippen LogP contribution in [0.25, 0.3) is 0 Å². The predicted molar refractivity (Wildman–Crippen MR) is 77.0 cm³/mol. The lowest BCUT2D eigenvalue weighted by Crippen LogP contribution is -2.40. The smallest absolute Gasteiger partial charge is 0.232 e. The third-order valence-electron chi connectivity index (χ3n) is 3.43. The van der Waals surface area contributed by atoms with Crippen molar-refractivity contribution in [2.24, 2.45) is 5.92 Å². The third kappa shape index (κ3) is 3.47. The van der Waals surface area contributed by atoms with Crippen molar-refractivity contribution in [1.82, 2.24) is 0 Å². The number of amides is 1. The van der Waals surface area contributed by atoms with Gasteiger partial charge in [0.15, 0.2) is 0 Å². The fourth-order valence-corrected chi connectivity index (χ4v) is 2.40. The van der Waals surface area contributed by atoms with Gasteiger partial charge in [-0.1, -0.05) is 6.92 Å². The Labute approximate surface area is 114 Å². The number of benzene rings is 1. The molecule has 1 unspecified atom stereocenters. The van der Waals surface area contributed by atoms with Gasteiger partial charge in [0.2, 0.25) is 5.91 Å². The zero-order valence-corrected chi connectivity index (χ0v) is 11.5. The number of nitrogen functional groups attached to an aromatic ring is 1. The Hall–Kier alpha value is -1.55. The van der Waals surface area contributed by atoms with E-state index in [1.807, 2.05) is 29.2 Å². The van der Waals surface area contributed by atoms with Gasteiger partial charge in [-0.25, -0.2) is 0 Å². The average Bonchev–Trinajstić information content (AvgIpc) is 2.46. The van der Waals surface area contributed by atoms with Gasteiger partial charge in [0.25, 0.3) is 0 Å². The number of hydrogen-bond donors (Lipinski definition) is 1. The highest BCUT2D eigenvalue weighted by Crippen LogP contribution is 2.22. The molecular weight excluding hydrogens is 240 g/mol. The monoisotopic (exact) mass is 262 g/mol. The molecule has 0 saturated carbocycles. The van der Waals surface area contributed by atoms with Gasteiger partial charge in [-0.05, 0) is 43.5 Å². The van der Waals surface area contributed by atoms with E-state index in [-0.39, 0.29) is 11.8 Å². The van der Waals surface area contributed by atoms with Gasteiger partial charge in [0, 0.05) is 24.5 Å². The SMILES string of the molecule is CCCN(C(=O)C1CCCOC1)c1ccc(N)cc1. The largest absolute Gasteiger partial charge is 0.399 e. The highest BCUT2D eigenvalue weighted by atomic mass is 16.5. The molecule has 0 aliphatic carbocycles. The molecule has 1 aliphatic rings. The molecule has 0 aromatic heterocycles. The molecule has 0 radical (unpaired) electrons. The summed E-state index contributed by atoms with van der Waals surface area (Å²) in [7, 11) is 0. The Balaban J connectivity index is 2.14. The van der Waals surface area contributed by atoms with Crippen molar-refractivity contribution in [2.75, 3.05) is 30.4 Å². The molecule has 19 heavy (non-hydrogen) atoms. The Morgan fingerprint density at radius 3 is 2.74 bits per heavy atom. The summed E-state index contributed by atoms with van der Waals surface area (Å²) in [5.41, 5.74) is 7.34. The number of nitrogens with zero attached hydrogens (tertiary/aromatic N) is 1. The molecule has 1 saturated heterocycles. The lowest BCUT2D eigenvalue weighted by molar-refractivity contribution is -0.126. The van der Waals surface area contributed by atoms with Crippen LogP contribution in [0.5, 0.6) is 0 Å². The molecule has 4 nitrogen and oxygen atoms in total. The summed E-state index contributed by atoms with van der Waals surface area (Å²) in [5.74, 6) is 0.171. The fourth-order valence-electron chi connectivity index (χ4n) is 2.40. The normalized spacial score (nSPS) is 19.1. The van der Waals surface area contributed by atoms with Crippen molar-refractivity contribution in [1.29, 1.82) is 0 Å². The minimum atomic E-state index is -0.00199. The van der Waals surface area contributed by atoms with Gasteiger partial charge in [0.05, 0.1) is 12.5 Å². The molecule has 0 spiro atoms. The van der Waals surface area contributed by atoms with Crippen LogP contribution < -0.4 is 10.6 Å². The number of nitrogens with two attached hydrogens (primary N) is 1. The summed E-state index contributed by atoms with van der Waals surface area (Å²) >= 11 is 0. The third-order valence-corrected chi connectivity index (χ3v) is 3.43. The Morgan fingerprint density at radius 1 is 1.42 bits per heavy atom. The molecule has 1 fully saturated rings. The zero-order valence-electron chi connectivity index (χ0n) is 11.5. The number of ether oxygens (including phenoxy) is 1. The van der Waals surface area contributed by atoms with E-state index in [9.17, 15) is 4.79 Å². The van der Waals surface area contributed by atoms with E-state index in [1.54, 1.807) is 0 Å². The van der Waals surface area contributed by atoms with E-state index < -0.39 is 0 Å². The van der Waals surface area contributed by atoms with Crippen molar-refractivity contribution in [3.63, 3.8) is 0 Å². The van der Waals surface area contributed by atoms with Gasteiger partial charge in [0.1, 0.15) is 0 Å². The molecule has 2 rings (SSSR count). The van der Waals surface area contributed by atoms with Crippen molar-refractivity contribution in [3.8, 4) is 0 Å². The fraction of sp³-hybridized carbons (Fsp3) is 0.533. The van der Waals surface area contributed by atoms with Crippen LogP contribution in [0.4, 0.5) is 11.4 Å². The summed E-state index contributed by atoms with van der Waals surface area (Å²) in [4.78, 5) is 14.4. The predicted octanol–water partition coefficient (Wildman–Crippen LogP) is 2.44. The van der Waals surface area contributed by atoms with Gasteiger partial charge >= 0.3 is 0 Å². The van der Waals surface area contributed by atoms with E-state index in [4.69, 9.17) is 10.5 Å². The zero-order chi connectivity index (χ0) is 13.7. The molecule has 1 atom stereocenters. The van der Waals surface area contributed by atoms with Crippen LogP contribution in [0.3, 0.4) is 0 Å². The maximum atomic E-state index is 12.6. The van der Waals surface area contributed by atoms with Crippen LogP contribution >= 0.6 is 0 Å². The number of rotatable bonds is 4. The molecule has 2 N–H and O–H groups in total. The Bertz CT molecular complexity index is 411. The van der Waals surface area contributed by atoms with Crippen LogP contribution in [0, 0.1) is 5.92 Å². The molecular formula is C15H22N2O2. The summed E-state index contributed by atoms with van der Waals surface area (Å²) in [5, 5.41) is 0. The lowest BCUT2D eigenvalue weighted by atomic mass is 10.00. The summed E-state index contributed by atoms with van der Waals surface area (Å²) in [6.07, 6.45) is 2.83. The van der Waals surface area contributed by atoms with Gasteiger partial charge in [-0.2, -0.15) is 0 Å². The van der Waals surface area contributed by atoms with Crippen molar-refractivity contribution in [3.05, 3.63) is 24.3 Å². The van der Waals surface area contributed by atoms with Crippen LogP contribution in [0.2, 0.25) is 0 Å². The Kier molecular flexibility index (Phi) is 4.80. The first kappa shape index (κ1) is 13.9. The first-order valence-corrected chi connectivity index (χ1v) is 6.97. The first-order chi connectivity index (χ1) is 9.22. The van der Waals surface area contributed by atoms with E-state index in [0.29, 0.717) is 12.3 Å². The van der Waals surface area contributed by atoms with Crippen LogP contribution in [0.15, 0.2) is 24.3 Å². The standard InChI is InChI=1S/C15H22N2O2/c1-2-9-17(14-7-5-13(16)6-8-14)15(18)12-4-3-10-19-11-12/h5-8,12H,2-4,9-11,16H2,1H3. The highest BCUT2D eigenvalue weighted by Gasteiger charge is 2.27. The quantitative estimate of drug-likeness (QED) is 0.848. The first-order valence-electron chi connectivity index (χ1n) is 6.97. The lowest BCUT2D eigenvalue weighted by Gasteiger charge is -2.29. The molecule has 0 bridgehead atoms. The number of hydrogen-bond acceptors (Lipinski definition) is 3. The summed E-state index contributed by atoms with van der Waals surface area (Å²) in [6.45, 7) is 4.14. The molecule has 104 valence electrons. The van der Waals surface area contributed by atoms with Crippen LogP contribution in [-0.4, -0.2) is 25.7 Å². The van der Waals surface area contributed by atoms with Crippen LogP contribution in [0.1, 0.15) is 26.2 Å². The van der Waals surface area contributed by atoms with Crippen molar-refractivity contribution >= 4 is 17.3 Å². The molecule has 1 amide bonds. The number of carbonyl (C=O) groups excluding carboxylic acids is 1. The maximum absolute atomic E-state index is 12.6. The van der Waals surface area contributed by atoms with Gasteiger partial charge < -0.3 is 15.4 Å². The summed E-state index contributed by atoms with van der Waals surface area (Å²) in [6, 6.07) is 7.49. The van der Waals surface area contributed by atoms with E-state index in [2.05, 4.69) is 6.92 Å². The minimum absolute atomic E-state index is 0.00199. The average molecular weight is 262 g/mol. The molecule has 1 aromatic carbocycles. The number of anilines is 2. The maximum Gasteiger partial charge on any atom is 0.232 e. The highest BCUT2D eigenvalue weighted by molar-refractivity contribution is 5.95. The topological polar surface area (TPSA) is 55.6 Å². The molecule has 1 heterocycles. The van der Waals surface area contributed by atoms with Crippen molar-refractivity contribution in [2.45, 2.75) is 26.2 Å². The van der Waals surface area contributed by atoms with Crippen molar-refractivity contribution < 1.29 is 9.53 Å². The molecule has 4 heteroatoms. The minimum Gasteiger partial charge on any atom is -0.399 e. The van der Waals surface area contributed by atoms with Crippen LogP contribution in [-0.2, 0) is 9.53 Å².